The van der Waals surface area contributed by atoms with Gasteiger partial charge in [-0.3, -0.25) is 4.90 Å². The van der Waals surface area contributed by atoms with Crippen LogP contribution in [0.5, 0.6) is 5.75 Å². The molecule has 1 aromatic carbocycles. The summed E-state index contributed by atoms with van der Waals surface area (Å²) in [5, 5.41) is 0. The topological polar surface area (TPSA) is 51.9 Å². The smallest absolute Gasteiger partial charge is 0.373 e. The van der Waals surface area contributed by atoms with E-state index in [1.165, 1.54) is 12.7 Å². The van der Waals surface area contributed by atoms with E-state index >= 15 is 0 Å². The number of carbonyl (C=O) groups excluding carboxylic acids is 1. The first-order valence-electron chi connectivity index (χ1n) is 7.02. The molecule has 0 saturated heterocycles. The highest BCUT2D eigenvalue weighted by atomic mass is 16.5. The van der Waals surface area contributed by atoms with Crippen molar-refractivity contribution in [2.24, 2.45) is 0 Å². The second-order valence-corrected chi connectivity index (χ2v) is 5.23. The summed E-state index contributed by atoms with van der Waals surface area (Å²) in [4.78, 5) is 13.5. The highest BCUT2D eigenvalue weighted by molar-refractivity contribution is 5.86. The monoisotopic (exact) mass is 303 g/mol. The maximum absolute atomic E-state index is 11.4. The maximum Gasteiger partial charge on any atom is 0.373 e. The van der Waals surface area contributed by atoms with Gasteiger partial charge in [0, 0.05) is 6.54 Å². The Labute approximate surface area is 130 Å². The van der Waals surface area contributed by atoms with Crippen molar-refractivity contribution in [2.45, 2.75) is 20.0 Å². The lowest BCUT2D eigenvalue weighted by atomic mass is 10.1. The van der Waals surface area contributed by atoms with Gasteiger partial charge in [0.2, 0.25) is 5.76 Å². The average Bonchev–Trinajstić information content (AvgIpc) is 2.95. The zero-order chi connectivity index (χ0) is 16.1. The summed E-state index contributed by atoms with van der Waals surface area (Å²) in [5.74, 6) is 1.39. The SMILES string of the molecule is COC(=O)c1ccc(CN(C)Cc2ccc(OC)c(C)c2)o1. The van der Waals surface area contributed by atoms with Gasteiger partial charge in [-0.05, 0) is 43.3 Å². The van der Waals surface area contributed by atoms with Gasteiger partial charge >= 0.3 is 5.97 Å². The molecule has 0 N–H and O–H groups in total. The first-order valence-corrected chi connectivity index (χ1v) is 7.02. The molecule has 2 rings (SSSR count). The second kappa shape index (κ2) is 7.13. The van der Waals surface area contributed by atoms with Gasteiger partial charge < -0.3 is 13.9 Å². The van der Waals surface area contributed by atoms with Gasteiger partial charge in [0.05, 0.1) is 20.8 Å². The summed E-state index contributed by atoms with van der Waals surface area (Å²) in [5.41, 5.74) is 2.31. The van der Waals surface area contributed by atoms with E-state index in [2.05, 4.69) is 15.7 Å². The quantitative estimate of drug-likeness (QED) is 0.768. The summed E-state index contributed by atoms with van der Waals surface area (Å²) in [6, 6.07) is 9.55. The highest BCUT2D eigenvalue weighted by Crippen LogP contribution is 2.20. The molecule has 0 fully saturated rings. The van der Waals surface area contributed by atoms with Gasteiger partial charge in [-0.1, -0.05) is 12.1 Å². The number of nitrogens with zero attached hydrogens (tertiary/aromatic N) is 1. The number of aryl methyl sites for hydroxylation is 1. The van der Waals surface area contributed by atoms with Crippen molar-refractivity contribution in [2.75, 3.05) is 21.3 Å². The second-order valence-electron chi connectivity index (χ2n) is 5.23. The summed E-state index contributed by atoms with van der Waals surface area (Å²) in [6.07, 6.45) is 0. The molecule has 1 aromatic heterocycles. The largest absolute Gasteiger partial charge is 0.496 e. The first-order chi connectivity index (χ1) is 10.5. The third-order valence-corrected chi connectivity index (χ3v) is 3.39. The maximum atomic E-state index is 11.4. The number of hydrogen-bond donors (Lipinski definition) is 0. The molecule has 0 spiro atoms. The van der Waals surface area contributed by atoms with E-state index in [-0.39, 0.29) is 5.76 Å². The fourth-order valence-electron chi connectivity index (χ4n) is 2.35. The molecule has 0 atom stereocenters. The Morgan fingerprint density at radius 1 is 1.18 bits per heavy atom. The Bertz CT molecular complexity index is 648. The summed E-state index contributed by atoms with van der Waals surface area (Å²) < 4.78 is 15.4. The van der Waals surface area contributed by atoms with Crippen molar-refractivity contribution in [1.29, 1.82) is 0 Å². The standard InChI is InChI=1S/C17H21NO4/c1-12-9-13(5-7-15(12)20-3)10-18(2)11-14-6-8-16(22-14)17(19)21-4/h5-9H,10-11H2,1-4H3. The van der Waals surface area contributed by atoms with Gasteiger partial charge in [-0.2, -0.15) is 0 Å². The van der Waals surface area contributed by atoms with Crippen LogP contribution in [0.15, 0.2) is 34.7 Å². The van der Waals surface area contributed by atoms with Crippen LogP contribution in [-0.2, 0) is 17.8 Å². The van der Waals surface area contributed by atoms with Gasteiger partial charge in [-0.15, -0.1) is 0 Å². The van der Waals surface area contributed by atoms with Crippen molar-refractivity contribution >= 4 is 5.97 Å². The van der Waals surface area contributed by atoms with Crippen molar-refractivity contribution in [3.05, 3.63) is 53.0 Å². The van der Waals surface area contributed by atoms with Crippen LogP contribution in [0.4, 0.5) is 0 Å². The fraction of sp³-hybridized carbons (Fsp3) is 0.353. The van der Waals surface area contributed by atoms with Crippen molar-refractivity contribution in [3.63, 3.8) is 0 Å². The van der Waals surface area contributed by atoms with E-state index in [4.69, 9.17) is 9.15 Å². The van der Waals surface area contributed by atoms with Gasteiger partial charge in [0.15, 0.2) is 0 Å². The number of ether oxygens (including phenoxy) is 2. The number of carbonyl (C=O) groups is 1. The van der Waals surface area contributed by atoms with Crippen LogP contribution in [0, 0.1) is 6.92 Å². The predicted octanol–water partition coefficient (Wildman–Crippen LogP) is 3.02. The number of benzene rings is 1. The Morgan fingerprint density at radius 2 is 1.95 bits per heavy atom. The number of rotatable bonds is 6. The van der Waals surface area contributed by atoms with Crippen LogP contribution < -0.4 is 4.74 Å². The normalized spacial score (nSPS) is 10.8. The Balaban J connectivity index is 1.98. The van der Waals surface area contributed by atoms with Crippen LogP contribution in [0.25, 0.3) is 0 Å². The summed E-state index contributed by atoms with van der Waals surface area (Å²) in [7, 11) is 5.01. The van der Waals surface area contributed by atoms with Crippen LogP contribution in [0.3, 0.4) is 0 Å². The Hall–Kier alpha value is -2.27. The van der Waals surface area contributed by atoms with E-state index < -0.39 is 5.97 Å². The molecular formula is C17H21NO4. The van der Waals surface area contributed by atoms with Gasteiger partial charge in [0.25, 0.3) is 0 Å². The van der Waals surface area contributed by atoms with Crippen molar-refractivity contribution in [3.8, 4) is 5.75 Å². The fourth-order valence-corrected chi connectivity index (χ4v) is 2.35. The molecule has 1 heterocycles. The summed E-state index contributed by atoms with van der Waals surface area (Å²) in [6.45, 7) is 3.42. The highest BCUT2D eigenvalue weighted by Gasteiger charge is 2.12. The molecule has 0 saturated carbocycles. The first kappa shape index (κ1) is 16.1. The van der Waals surface area contributed by atoms with Crippen LogP contribution >= 0.6 is 0 Å². The minimum Gasteiger partial charge on any atom is -0.496 e. The molecule has 0 amide bonds. The molecule has 0 aliphatic heterocycles. The minimum absolute atomic E-state index is 0.228. The van der Waals surface area contributed by atoms with Gasteiger partial charge in [0.1, 0.15) is 11.5 Å². The Kier molecular flexibility index (Phi) is 5.22. The third-order valence-electron chi connectivity index (χ3n) is 3.39. The number of esters is 1. The van der Waals surface area contributed by atoms with Crippen LogP contribution in [-0.4, -0.2) is 32.1 Å². The molecular weight excluding hydrogens is 282 g/mol. The minimum atomic E-state index is -0.459. The Morgan fingerprint density at radius 3 is 2.59 bits per heavy atom. The predicted molar refractivity (Wildman–Crippen MR) is 82.9 cm³/mol. The summed E-state index contributed by atoms with van der Waals surface area (Å²) >= 11 is 0. The molecule has 5 heteroatoms. The molecule has 0 bridgehead atoms. The lowest BCUT2D eigenvalue weighted by molar-refractivity contribution is 0.0561. The number of methoxy groups -OCH3 is 2. The zero-order valence-corrected chi connectivity index (χ0v) is 13.4. The zero-order valence-electron chi connectivity index (χ0n) is 13.4. The lowest BCUT2D eigenvalue weighted by Crippen LogP contribution is -2.17. The van der Waals surface area contributed by atoms with Gasteiger partial charge in [-0.25, -0.2) is 4.79 Å². The molecule has 0 unspecified atom stereocenters. The van der Waals surface area contributed by atoms with Crippen molar-refractivity contribution in [1.82, 2.24) is 4.90 Å². The lowest BCUT2D eigenvalue weighted by Gasteiger charge is -2.16. The molecule has 118 valence electrons. The third kappa shape index (κ3) is 3.89. The molecule has 22 heavy (non-hydrogen) atoms. The van der Waals surface area contributed by atoms with E-state index in [0.717, 1.165) is 23.6 Å². The van der Waals surface area contributed by atoms with E-state index in [1.54, 1.807) is 19.2 Å². The molecule has 0 radical (unpaired) electrons. The van der Waals surface area contributed by atoms with Crippen LogP contribution in [0.2, 0.25) is 0 Å². The van der Waals surface area contributed by atoms with E-state index in [0.29, 0.717) is 6.54 Å². The van der Waals surface area contributed by atoms with E-state index in [9.17, 15) is 4.79 Å². The number of hydrogen-bond acceptors (Lipinski definition) is 5. The molecule has 0 aliphatic carbocycles. The van der Waals surface area contributed by atoms with Crippen molar-refractivity contribution < 1.29 is 18.7 Å². The molecule has 0 aliphatic rings. The molecule has 5 nitrogen and oxygen atoms in total. The number of furan rings is 1. The average molecular weight is 303 g/mol. The molecule has 2 aromatic rings. The van der Waals surface area contributed by atoms with E-state index in [1.807, 2.05) is 26.1 Å². The van der Waals surface area contributed by atoms with Crippen LogP contribution in [0.1, 0.15) is 27.4 Å².